The zero-order chi connectivity index (χ0) is 8.04. The van der Waals surface area contributed by atoms with Gasteiger partial charge >= 0.3 is 0 Å². The van der Waals surface area contributed by atoms with Crippen molar-refractivity contribution in [3.05, 3.63) is 0 Å². The molecular weight excluding hydrogens is 146 g/mol. The molecule has 0 aliphatic carbocycles. The standard InChI is InChI=1S/C7H17NOS/c1-7(2,6-9)10-5-3-4-8/h9H,3-6,8H2,1-2H3. The highest BCUT2D eigenvalue weighted by molar-refractivity contribution is 8.00. The highest BCUT2D eigenvalue weighted by atomic mass is 32.2. The quantitative estimate of drug-likeness (QED) is 0.590. The molecule has 0 spiro atoms. The van der Waals surface area contributed by atoms with Gasteiger partial charge < -0.3 is 10.8 Å². The molecule has 0 unspecified atom stereocenters. The normalized spacial score (nSPS) is 12.0. The zero-order valence-corrected chi connectivity index (χ0v) is 7.58. The topological polar surface area (TPSA) is 46.2 Å². The molecule has 2 nitrogen and oxygen atoms in total. The Bertz CT molecular complexity index is 85.7. The second-order valence-electron chi connectivity index (χ2n) is 2.91. The van der Waals surface area contributed by atoms with Crippen LogP contribution in [0.1, 0.15) is 20.3 Å². The smallest absolute Gasteiger partial charge is 0.0572 e. The van der Waals surface area contributed by atoms with Gasteiger partial charge in [0.1, 0.15) is 0 Å². The van der Waals surface area contributed by atoms with Gasteiger partial charge in [-0.25, -0.2) is 0 Å². The van der Waals surface area contributed by atoms with Crippen molar-refractivity contribution < 1.29 is 5.11 Å². The number of nitrogens with two attached hydrogens (primary N) is 1. The van der Waals surface area contributed by atoms with Crippen molar-refractivity contribution in [2.24, 2.45) is 5.73 Å². The van der Waals surface area contributed by atoms with Crippen LogP contribution in [0.3, 0.4) is 0 Å². The van der Waals surface area contributed by atoms with E-state index >= 15 is 0 Å². The number of aliphatic hydroxyl groups is 1. The summed E-state index contributed by atoms with van der Waals surface area (Å²) >= 11 is 1.77. The summed E-state index contributed by atoms with van der Waals surface area (Å²) in [7, 11) is 0. The van der Waals surface area contributed by atoms with Gasteiger partial charge in [0.05, 0.1) is 6.61 Å². The minimum absolute atomic E-state index is 0.00910. The van der Waals surface area contributed by atoms with Crippen LogP contribution in [0.5, 0.6) is 0 Å². The lowest BCUT2D eigenvalue weighted by atomic mass is 10.2. The number of aliphatic hydroxyl groups excluding tert-OH is 1. The van der Waals surface area contributed by atoms with E-state index in [9.17, 15) is 0 Å². The van der Waals surface area contributed by atoms with Crippen LogP contribution < -0.4 is 5.73 Å². The lowest BCUT2D eigenvalue weighted by molar-refractivity contribution is 0.265. The fourth-order valence-corrected chi connectivity index (χ4v) is 1.43. The molecule has 3 heteroatoms. The average molecular weight is 163 g/mol. The lowest BCUT2D eigenvalue weighted by Gasteiger charge is -2.20. The second kappa shape index (κ2) is 4.99. The minimum atomic E-state index is 0.00910. The van der Waals surface area contributed by atoms with Gasteiger partial charge in [-0.2, -0.15) is 11.8 Å². The van der Waals surface area contributed by atoms with Gasteiger partial charge in [0.25, 0.3) is 0 Å². The highest BCUT2D eigenvalue weighted by Gasteiger charge is 2.15. The fourth-order valence-electron chi connectivity index (χ4n) is 0.477. The van der Waals surface area contributed by atoms with Gasteiger partial charge in [0.15, 0.2) is 0 Å². The van der Waals surface area contributed by atoms with E-state index in [1.807, 2.05) is 13.8 Å². The molecule has 0 rings (SSSR count). The van der Waals surface area contributed by atoms with Crippen LogP contribution in [0.2, 0.25) is 0 Å². The third-order valence-corrected chi connectivity index (χ3v) is 2.63. The van der Waals surface area contributed by atoms with Gasteiger partial charge in [0.2, 0.25) is 0 Å². The first-order valence-electron chi connectivity index (χ1n) is 3.57. The van der Waals surface area contributed by atoms with Crippen molar-refractivity contribution in [3.63, 3.8) is 0 Å². The number of rotatable bonds is 5. The van der Waals surface area contributed by atoms with Crippen LogP contribution in [0.4, 0.5) is 0 Å². The van der Waals surface area contributed by atoms with E-state index in [4.69, 9.17) is 10.8 Å². The number of hydrogen-bond acceptors (Lipinski definition) is 3. The largest absolute Gasteiger partial charge is 0.395 e. The van der Waals surface area contributed by atoms with Crippen LogP contribution in [0, 0.1) is 0 Å². The third-order valence-electron chi connectivity index (χ3n) is 1.22. The molecule has 0 fully saturated rings. The maximum Gasteiger partial charge on any atom is 0.0572 e. The molecule has 10 heavy (non-hydrogen) atoms. The van der Waals surface area contributed by atoms with Crippen molar-refractivity contribution in [3.8, 4) is 0 Å². The van der Waals surface area contributed by atoms with Gasteiger partial charge in [-0.3, -0.25) is 0 Å². The molecule has 0 saturated carbocycles. The third kappa shape index (κ3) is 5.09. The summed E-state index contributed by atoms with van der Waals surface area (Å²) in [6.07, 6.45) is 1.04. The molecule has 0 aromatic carbocycles. The first-order valence-corrected chi connectivity index (χ1v) is 4.56. The first kappa shape index (κ1) is 10.3. The molecule has 62 valence electrons. The number of hydrogen-bond donors (Lipinski definition) is 2. The van der Waals surface area contributed by atoms with E-state index in [1.165, 1.54) is 0 Å². The Morgan fingerprint density at radius 2 is 2.10 bits per heavy atom. The summed E-state index contributed by atoms with van der Waals surface area (Å²) in [5.41, 5.74) is 5.32. The molecule has 0 saturated heterocycles. The van der Waals surface area contributed by atoms with E-state index < -0.39 is 0 Å². The Hall–Kier alpha value is 0.270. The summed E-state index contributed by atoms with van der Waals surface area (Å²) < 4.78 is 0.00910. The summed E-state index contributed by atoms with van der Waals surface area (Å²) in [5, 5.41) is 8.84. The molecule has 0 aromatic rings. The Morgan fingerprint density at radius 1 is 1.50 bits per heavy atom. The van der Waals surface area contributed by atoms with Gasteiger partial charge in [0, 0.05) is 4.75 Å². The van der Waals surface area contributed by atoms with E-state index in [-0.39, 0.29) is 11.4 Å². The fraction of sp³-hybridized carbons (Fsp3) is 1.00. The van der Waals surface area contributed by atoms with Crippen molar-refractivity contribution in [1.29, 1.82) is 0 Å². The Morgan fingerprint density at radius 3 is 2.50 bits per heavy atom. The lowest BCUT2D eigenvalue weighted by Crippen LogP contribution is -2.21. The van der Waals surface area contributed by atoms with Crippen molar-refractivity contribution >= 4 is 11.8 Å². The first-order chi connectivity index (χ1) is 4.62. The van der Waals surface area contributed by atoms with Crippen LogP contribution in [0.25, 0.3) is 0 Å². The van der Waals surface area contributed by atoms with Gasteiger partial charge in [-0.1, -0.05) is 0 Å². The zero-order valence-electron chi connectivity index (χ0n) is 6.76. The Kier molecular flexibility index (Phi) is 5.13. The monoisotopic (exact) mass is 163 g/mol. The SMILES string of the molecule is CC(C)(CO)SCCCN. The molecule has 0 aliphatic heterocycles. The summed E-state index contributed by atoms with van der Waals surface area (Å²) in [6, 6.07) is 0. The molecule has 3 N–H and O–H groups in total. The molecular formula is C7H17NOS. The summed E-state index contributed by atoms with van der Waals surface area (Å²) in [4.78, 5) is 0. The van der Waals surface area contributed by atoms with Gasteiger partial charge in [-0.05, 0) is 32.6 Å². The molecule has 0 radical (unpaired) electrons. The molecule has 0 amide bonds. The van der Waals surface area contributed by atoms with E-state index in [0.29, 0.717) is 0 Å². The van der Waals surface area contributed by atoms with Crippen LogP contribution in [0.15, 0.2) is 0 Å². The molecule has 0 bridgehead atoms. The maximum absolute atomic E-state index is 8.84. The van der Waals surface area contributed by atoms with Crippen LogP contribution in [-0.4, -0.2) is 28.8 Å². The average Bonchev–Trinajstić information content (AvgIpc) is 1.89. The van der Waals surface area contributed by atoms with E-state index in [2.05, 4.69) is 0 Å². The van der Waals surface area contributed by atoms with Crippen molar-refractivity contribution in [2.75, 3.05) is 18.9 Å². The van der Waals surface area contributed by atoms with Gasteiger partial charge in [-0.15, -0.1) is 0 Å². The second-order valence-corrected chi connectivity index (χ2v) is 4.71. The van der Waals surface area contributed by atoms with E-state index in [1.54, 1.807) is 11.8 Å². The molecule has 0 heterocycles. The highest BCUT2D eigenvalue weighted by Crippen LogP contribution is 2.23. The maximum atomic E-state index is 8.84. The van der Waals surface area contributed by atoms with E-state index in [0.717, 1.165) is 18.7 Å². The molecule has 0 atom stereocenters. The number of thioether (sulfide) groups is 1. The van der Waals surface area contributed by atoms with Crippen LogP contribution >= 0.6 is 11.8 Å². The summed E-state index contributed by atoms with van der Waals surface area (Å²) in [6.45, 7) is 5.05. The van der Waals surface area contributed by atoms with Crippen molar-refractivity contribution in [1.82, 2.24) is 0 Å². The Labute approximate surface area is 67.2 Å². The predicted molar refractivity (Wildman–Crippen MR) is 47.3 cm³/mol. The minimum Gasteiger partial charge on any atom is -0.395 e. The molecule has 0 aliphatic rings. The summed E-state index contributed by atoms with van der Waals surface area (Å²) in [5.74, 6) is 1.05. The Balaban J connectivity index is 3.28. The van der Waals surface area contributed by atoms with Crippen molar-refractivity contribution in [2.45, 2.75) is 25.0 Å². The molecule has 0 aromatic heterocycles. The predicted octanol–water partition coefficient (Wildman–Crippen LogP) is 0.839. The van der Waals surface area contributed by atoms with Crippen LogP contribution in [-0.2, 0) is 0 Å².